The molecule has 2 heterocycles. The zero-order valence-corrected chi connectivity index (χ0v) is 6.03. The van der Waals surface area contributed by atoms with E-state index in [-0.39, 0.29) is 0 Å². The van der Waals surface area contributed by atoms with E-state index in [1.807, 2.05) is 6.07 Å². The van der Waals surface area contributed by atoms with Crippen LogP contribution in [0, 0.1) is 0 Å². The molecule has 1 aliphatic rings. The largest absolute Gasteiger partial charge is 0.491 e. The standard InChI is InChI=1S/C8H9NO2/c10-6-3-5-11-7-2-1-4-9-8(6)7/h1-2,4,6,10H,3,5H2. The number of hydrogen-bond donors (Lipinski definition) is 1. The van der Waals surface area contributed by atoms with Crippen molar-refractivity contribution in [2.75, 3.05) is 6.61 Å². The van der Waals surface area contributed by atoms with Gasteiger partial charge in [0.15, 0.2) is 0 Å². The number of aromatic nitrogens is 1. The van der Waals surface area contributed by atoms with Crippen molar-refractivity contribution in [1.29, 1.82) is 0 Å². The minimum absolute atomic E-state index is 0.444. The van der Waals surface area contributed by atoms with Crippen molar-refractivity contribution in [2.24, 2.45) is 0 Å². The Balaban J connectivity index is 2.44. The molecule has 1 atom stereocenters. The van der Waals surface area contributed by atoms with Crippen molar-refractivity contribution < 1.29 is 9.84 Å². The SMILES string of the molecule is OC1CCOc2cccnc21. The lowest BCUT2D eigenvalue weighted by atomic mass is 10.1. The molecule has 0 saturated carbocycles. The van der Waals surface area contributed by atoms with E-state index in [9.17, 15) is 5.11 Å². The summed E-state index contributed by atoms with van der Waals surface area (Å²) in [6.07, 6.45) is 1.86. The Morgan fingerprint density at radius 3 is 3.36 bits per heavy atom. The number of aliphatic hydroxyl groups excluding tert-OH is 1. The van der Waals surface area contributed by atoms with Gasteiger partial charge in [0.25, 0.3) is 0 Å². The van der Waals surface area contributed by atoms with Gasteiger partial charge in [-0.1, -0.05) is 0 Å². The van der Waals surface area contributed by atoms with Crippen LogP contribution in [0.5, 0.6) is 5.75 Å². The molecule has 1 aromatic rings. The minimum Gasteiger partial charge on any atom is -0.491 e. The van der Waals surface area contributed by atoms with Crippen molar-refractivity contribution in [3.8, 4) is 5.75 Å². The van der Waals surface area contributed by atoms with Gasteiger partial charge in [-0.15, -0.1) is 0 Å². The second-order valence-electron chi connectivity index (χ2n) is 2.54. The van der Waals surface area contributed by atoms with Crippen LogP contribution in [0.2, 0.25) is 0 Å². The van der Waals surface area contributed by atoms with E-state index in [0.717, 1.165) is 0 Å². The van der Waals surface area contributed by atoms with Crippen LogP contribution in [-0.4, -0.2) is 16.7 Å². The number of ether oxygens (including phenoxy) is 1. The molecular formula is C8H9NO2. The first kappa shape index (κ1) is 6.61. The smallest absolute Gasteiger partial charge is 0.143 e. The van der Waals surface area contributed by atoms with Gasteiger partial charge in [-0.25, -0.2) is 0 Å². The number of hydrogen-bond acceptors (Lipinski definition) is 3. The molecule has 0 saturated heterocycles. The van der Waals surface area contributed by atoms with E-state index < -0.39 is 6.10 Å². The highest BCUT2D eigenvalue weighted by atomic mass is 16.5. The van der Waals surface area contributed by atoms with Gasteiger partial charge in [0.1, 0.15) is 17.5 Å². The summed E-state index contributed by atoms with van der Waals surface area (Å²) in [6.45, 7) is 0.583. The Labute approximate surface area is 64.6 Å². The Morgan fingerprint density at radius 2 is 2.55 bits per heavy atom. The van der Waals surface area contributed by atoms with Crippen LogP contribution < -0.4 is 4.74 Å². The Hall–Kier alpha value is -1.09. The highest BCUT2D eigenvalue weighted by Crippen LogP contribution is 2.28. The van der Waals surface area contributed by atoms with E-state index in [1.54, 1.807) is 12.3 Å². The van der Waals surface area contributed by atoms with Gasteiger partial charge in [0.2, 0.25) is 0 Å². The van der Waals surface area contributed by atoms with Crippen LogP contribution in [0.15, 0.2) is 18.3 Å². The van der Waals surface area contributed by atoms with Crippen molar-refractivity contribution in [3.05, 3.63) is 24.0 Å². The minimum atomic E-state index is -0.444. The van der Waals surface area contributed by atoms with E-state index in [4.69, 9.17) is 4.74 Å². The summed E-state index contributed by atoms with van der Waals surface area (Å²) in [5.41, 5.74) is 0.666. The summed E-state index contributed by atoms with van der Waals surface area (Å²) >= 11 is 0. The summed E-state index contributed by atoms with van der Waals surface area (Å²) in [5.74, 6) is 0.714. The zero-order chi connectivity index (χ0) is 7.68. The van der Waals surface area contributed by atoms with Gasteiger partial charge in [-0.3, -0.25) is 4.98 Å². The lowest BCUT2D eigenvalue weighted by Gasteiger charge is -2.20. The number of nitrogens with zero attached hydrogens (tertiary/aromatic N) is 1. The van der Waals surface area contributed by atoms with Crippen LogP contribution in [0.1, 0.15) is 18.2 Å². The van der Waals surface area contributed by atoms with Gasteiger partial charge in [-0.05, 0) is 12.1 Å². The predicted octanol–water partition coefficient (Wildman–Crippen LogP) is 0.897. The van der Waals surface area contributed by atoms with Crippen molar-refractivity contribution in [3.63, 3.8) is 0 Å². The van der Waals surface area contributed by atoms with Crippen LogP contribution in [0.4, 0.5) is 0 Å². The van der Waals surface area contributed by atoms with Gasteiger partial charge >= 0.3 is 0 Å². The molecule has 0 bridgehead atoms. The summed E-state index contributed by atoms with van der Waals surface area (Å²) in [7, 11) is 0. The van der Waals surface area contributed by atoms with E-state index in [1.165, 1.54) is 0 Å². The van der Waals surface area contributed by atoms with Gasteiger partial charge in [-0.2, -0.15) is 0 Å². The molecule has 3 nitrogen and oxygen atoms in total. The fraction of sp³-hybridized carbons (Fsp3) is 0.375. The van der Waals surface area contributed by atoms with E-state index in [0.29, 0.717) is 24.5 Å². The molecule has 2 rings (SSSR count). The quantitative estimate of drug-likeness (QED) is 0.599. The summed E-state index contributed by atoms with van der Waals surface area (Å²) in [4.78, 5) is 4.03. The van der Waals surface area contributed by atoms with Crippen LogP contribution in [0.3, 0.4) is 0 Å². The predicted molar refractivity (Wildman–Crippen MR) is 39.3 cm³/mol. The molecule has 0 amide bonds. The molecule has 11 heavy (non-hydrogen) atoms. The molecule has 58 valence electrons. The molecule has 0 aromatic carbocycles. The maximum atomic E-state index is 9.42. The third-order valence-corrected chi connectivity index (χ3v) is 1.76. The molecule has 0 spiro atoms. The normalized spacial score (nSPS) is 22.1. The fourth-order valence-corrected chi connectivity index (χ4v) is 1.19. The van der Waals surface area contributed by atoms with Crippen molar-refractivity contribution >= 4 is 0 Å². The second-order valence-corrected chi connectivity index (χ2v) is 2.54. The summed E-state index contributed by atoms with van der Waals surface area (Å²) in [5, 5.41) is 9.42. The van der Waals surface area contributed by atoms with Crippen LogP contribution in [0.25, 0.3) is 0 Å². The average molecular weight is 151 g/mol. The first-order valence-corrected chi connectivity index (χ1v) is 3.64. The van der Waals surface area contributed by atoms with E-state index in [2.05, 4.69) is 4.98 Å². The highest BCUT2D eigenvalue weighted by Gasteiger charge is 2.19. The highest BCUT2D eigenvalue weighted by molar-refractivity contribution is 5.29. The molecular weight excluding hydrogens is 142 g/mol. The third kappa shape index (κ3) is 1.07. The molecule has 1 unspecified atom stereocenters. The Bertz CT molecular complexity index is 262. The lowest BCUT2D eigenvalue weighted by molar-refractivity contribution is 0.110. The monoisotopic (exact) mass is 151 g/mol. The van der Waals surface area contributed by atoms with E-state index >= 15 is 0 Å². The lowest BCUT2D eigenvalue weighted by Crippen LogP contribution is -2.14. The number of aliphatic hydroxyl groups is 1. The molecule has 0 radical (unpaired) electrons. The topological polar surface area (TPSA) is 42.4 Å². The number of rotatable bonds is 0. The van der Waals surface area contributed by atoms with Gasteiger partial charge in [0.05, 0.1) is 6.61 Å². The maximum Gasteiger partial charge on any atom is 0.143 e. The molecule has 0 aliphatic carbocycles. The van der Waals surface area contributed by atoms with Crippen LogP contribution in [-0.2, 0) is 0 Å². The first-order chi connectivity index (χ1) is 5.38. The number of fused-ring (bicyclic) bond motifs is 1. The summed E-state index contributed by atoms with van der Waals surface area (Å²) in [6, 6.07) is 3.63. The fourth-order valence-electron chi connectivity index (χ4n) is 1.19. The molecule has 1 aromatic heterocycles. The third-order valence-electron chi connectivity index (χ3n) is 1.76. The van der Waals surface area contributed by atoms with Crippen molar-refractivity contribution in [1.82, 2.24) is 4.98 Å². The Kier molecular flexibility index (Phi) is 1.51. The molecule has 0 fully saturated rings. The summed E-state index contributed by atoms with van der Waals surface area (Å²) < 4.78 is 5.27. The Morgan fingerprint density at radius 1 is 1.64 bits per heavy atom. The van der Waals surface area contributed by atoms with Crippen LogP contribution >= 0.6 is 0 Å². The maximum absolute atomic E-state index is 9.42. The van der Waals surface area contributed by atoms with Gasteiger partial charge in [0, 0.05) is 12.6 Å². The number of pyridine rings is 1. The average Bonchev–Trinajstić information content (AvgIpc) is 2.06. The first-order valence-electron chi connectivity index (χ1n) is 3.64. The molecule has 1 aliphatic heterocycles. The van der Waals surface area contributed by atoms with Crippen molar-refractivity contribution in [2.45, 2.75) is 12.5 Å². The zero-order valence-electron chi connectivity index (χ0n) is 6.03. The second kappa shape index (κ2) is 2.51. The molecule has 1 N–H and O–H groups in total. The van der Waals surface area contributed by atoms with Gasteiger partial charge < -0.3 is 9.84 Å². The molecule has 3 heteroatoms.